The predicted molar refractivity (Wildman–Crippen MR) is 83.0 cm³/mol. The molecule has 20 heavy (non-hydrogen) atoms. The van der Waals surface area contributed by atoms with E-state index >= 15 is 0 Å². The van der Waals surface area contributed by atoms with E-state index in [0.717, 1.165) is 31.8 Å². The zero-order valence-corrected chi connectivity index (χ0v) is 13.5. The second-order valence-corrected chi connectivity index (χ2v) is 6.33. The average Bonchev–Trinajstić information content (AvgIpc) is 2.41. The summed E-state index contributed by atoms with van der Waals surface area (Å²) < 4.78 is 6.20. The van der Waals surface area contributed by atoms with Crippen LogP contribution in [0.1, 0.15) is 52.4 Å². The number of hydrogen-bond donors (Lipinski definition) is 1. The minimum atomic E-state index is -0.377. The normalized spacial score (nSPS) is 29.6. The standard InChI is InChI=1S/C15H28N2O2.ClH/c1-11-3-5-13(6-4-11)19-14-7-9-17(10-8-14)15(18)12(2)16;/h11-14H,3-10,16H2,1-2H3;1H/t11?,12-,13?;/m0./s1. The summed E-state index contributed by atoms with van der Waals surface area (Å²) in [5.41, 5.74) is 5.64. The number of nitrogens with zero attached hydrogens (tertiary/aromatic N) is 1. The number of ether oxygens (including phenoxy) is 1. The Balaban J connectivity index is 0.00000200. The highest BCUT2D eigenvalue weighted by molar-refractivity contribution is 5.85. The van der Waals surface area contributed by atoms with Crippen molar-refractivity contribution in [2.45, 2.75) is 70.6 Å². The zero-order valence-electron chi connectivity index (χ0n) is 12.7. The van der Waals surface area contributed by atoms with E-state index in [2.05, 4.69) is 6.92 Å². The molecule has 2 fully saturated rings. The molecule has 0 aromatic carbocycles. The third-order valence-electron chi connectivity index (χ3n) is 4.49. The molecule has 2 aliphatic rings. The average molecular weight is 305 g/mol. The number of carbonyl (C=O) groups is 1. The van der Waals surface area contributed by atoms with Crippen LogP contribution in [0.4, 0.5) is 0 Å². The summed E-state index contributed by atoms with van der Waals surface area (Å²) in [4.78, 5) is 13.7. The molecule has 5 heteroatoms. The van der Waals surface area contributed by atoms with Crippen LogP contribution in [0.5, 0.6) is 0 Å². The first kappa shape index (κ1) is 17.7. The van der Waals surface area contributed by atoms with E-state index < -0.39 is 0 Å². The molecule has 1 heterocycles. The third-order valence-corrected chi connectivity index (χ3v) is 4.49. The Morgan fingerprint density at radius 1 is 1.10 bits per heavy atom. The highest BCUT2D eigenvalue weighted by Crippen LogP contribution is 2.28. The Labute approximate surface area is 128 Å². The molecule has 4 nitrogen and oxygen atoms in total. The van der Waals surface area contributed by atoms with E-state index in [0.29, 0.717) is 12.2 Å². The Hall–Kier alpha value is -0.320. The fourth-order valence-corrected chi connectivity index (χ4v) is 3.14. The molecule has 2 rings (SSSR count). The Morgan fingerprint density at radius 2 is 1.60 bits per heavy atom. The van der Waals surface area contributed by atoms with Gasteiger partial charge in [0.25, 0.3) is 0 Å². The fraction of sp³-hybridized carbons (Fsp3) is 0.933. The highest BCUT2D eigenvalue weighted by Gasteiger charge is 2.27. The number of amides is 1. The van der Waals surface area contributed by atoms with Gasteiger partial charge < -0.3 is 15.4 Å². The second-order valence-electron chi connectivity index (χ2n) is 6.33. The lowest BCUT2D eigenvalue weighted by Crippen LogP contribution is -2.47. The van der Waals surface area contributed by atoms with Crippen molar-refractivity contribution in [3.8, 4) is 0 Å². The van der Waals surface area contributed by atoms with Gasteiger partial charge in [-0.3, -0.25) is 4.79 Å². The van der Waals surface area contributed by atoms with Gasteiger partial charge in [-0.25, -0.2) is 0 Å². The molecule has 1 aliphatic carbocycles. The molecule has 1 saturated heterocycles. The maximum atomic E-state index is 11.8. The van der Waals surface area contributed by atoms with Gasteiger partial charge in [-0.15, -0.1) is 12.4 Å². The van der Waals surface area contributed by atoms with Crippen LogP contribution in [0.25, 0.3) is 0 Å². The van der Waals surface area contributed by atoms with Gasteiger partial charge in [0.05, 0.1) is 18.2 Å². The first-order valence-corrected chi connectivity index (χ1v) is 7.76. The van der Waals surface area contributed by atoms with Gasteiger partial charge in [0.1, 0.15) is 0 Å². The lowest BCUT2D eigenvalue weighted by atomic mass is 9.88. The van der Waals surface area contributed by atoms with E-state index in [9.17, 15) is 4.79 Å². The second kappa shape index (κ2) is 8.20. The molecule has 0 spiro atoms. The van der Waals surface area contributed by atoms with Gasteiger partial charge in [-0.2, -0.15) is 0 Å². The first-order chi connectivity index (χ1) is 9.06. The summed E-state index contributed by atoms with van der Waals surface area (Å²) >= 11 is 0. The van der Waals surface area contributed by atoms with Gasteiger partial charge >= 0.3 is 0 Å². The minimum Gasteiger partial charge on any atom is -0.375 e. The van der Waals surface area contributed by atoms with Crippen molar-refractivity contribution in [3.63, 3.8) is 0 Å². The Bertz CT molecular complexity index is 296. The summed E-state index contributed by atoms with van der Waals surface area (Å²) in [5.74, 6) is 0.940. The lowest BCUT2D eigenvalue weighted by Gasteiger charge is -2.36. The van der Waals surface area contributed by atoms with Crippen LogP contribution in [0.3, 0.4) is 0 Å². The largest absolute Gasteiger partial charge is 0.375 e. The lowest BCUT2D eigenvalue weighted by molar-refractivity contribution is -0.136. The van der Waals surface area contributed by atoms with Gasteiger partial charge in [0.15, 0.2) is 0 Å². The van der Waals surface area contributed by atoms with Crippen molar-refractivity contribution in [3.05, 3.63) is 0 Å². The number of rotatable bonds is 3. The molecular formula is C15H29ClN2O2. The highest BCUT2D eigenvalue weighted by atomic mass is 35.5. The van der Waals surface area contributed by atoms with E-state index in [-0.39, 0.29) is 24.4 Å². The van der Waals surface area contributed by atoms with Crippen molar-refractivity contribution < 1.29 is 9.53 Å². The maximum absolute atomic E-state index is 11.8. The van der Waals surface area contributed by atoms with Crippen LogP contribution < -0.4 is 5.73 Å². The molecule has 2 N–H and O–H groups in total. The predicted octanol–water partition coefficient (Wildman–Crippen LogP) is 2.34. The van der Waals surface area contributed by atoms with Crippen LogP contribution >= 0.6 is 12.4 Å². The molecule has 0 bridgehead atoms. The Kier molecular flexibility index (Phi) is 7.27. The van der Waals surface area contributed by atoms with Crippen LogP contribution in [0.15, 0.2) is 0 Å². The molecule has 118 valence electrons. The van der Waals surface area contributed by atoms with E-state index in [1.54, 1.807) is 6.92 Å². The molecule has 0 aromatic rings. The number of likely N-dealkylation sites (tertiary alicyclic amines) is 1. The van der Waals surface area contributed by atoms with Crippen LogP contribution in [-0.4, -0.2) is 42.1 Å². The number of halogens is 1. The molecule has 0 unspecified atom stereocenters. The van der Waals surface area contributed by atoms with E-state index in [1.807, 2.05) is 4.90 Å². The molecule has 1 amide bonds. The number of hydrogen-bond acceptors (Lipinski definition) is 3. The van der Waals surface area contributed by atoms with Crippen molar-refractivity contribution in [2.75, 3.05) is 13.1 Å². The number of carbonyl (C=O) groups excluding carboxylic acids is 1. The summed E-state index contributed by atoms with van der Waals surface area (Å²) in [6.45, 7) is 5.69. The maximum Gasteiger partial charge on any atom is 0.239 e. The van der Waals surface area contributed by atoms with Gasteiger partial charge in [0.2, 0.25) is 5.91 Å². The molecule has 0 radical (unpaired) electrons. The van der Waals surface area contributed by atoms with Gasteiger partial charge in [-0.05, 0) is 51.4 Å². The van der Waals surface area contributed by atoms with Crippen LogP contribution in [0, 0.1) is 5.92 Å². The number of nitrogens with two attached hydrogens (primary N) is 1. The topological polar surface area (TPSA) is 55.6 Å². The minimum absolute atomic E-state index is 0. The van der Waals surface area contributed by atoms with Gasteiger partial charge in [-0.1, -0.05) is 6.92 Å². The van der Waals surface area contributed by atoms with Crippen LogP contribution in [-0.2, 0) is 9.53 Å². The smallest absolute Gasteiger partial charge is 0.239 e. The first-order valence-electron chi connectivity index (χ1n) is 7.76. The molecule has 1 saturated carbocycles. The third kappa shape index (κ3) is 4.90. The molecule has 0 aromatic heterocycles. The quantitative estimate of drug-likeness (QED) is 0.871. The SMILES string of the molecule is CC1CCC(OC2CCN(C(=O)[C@H](C)N)CC2)CC1.Cl. The van der Waals surface area contributed by atoms with Gasteiger partial charge in [0, 0.05) is 13.1 Å². The summed E-state index contributed by atoms with van der Waals surface area (Å²) in [5, 5.41) is 0. The van der Waals surface area contributed by atoms with Crippen LogP contribution in [0.2, 0.25) is 0 Å². The van der Waals surface area contributed by atoms with Crippen molar-refractivity contribution in [1.82, 2.24) is 4.90 Å². The summed E-state index contributed by atoms with van der Waals surface area (Å²) in [7, 11) is 0. The molecule has 1 aliphatic heterocycles. The van der Waals surface area contributed by atoms with Crippen molar-refractivity contribution in [1.29, 1.82) is 0 Å². The Morgan fingerprint density at radius 3 is 2.10 bits per heavy atom. The fourth-order valence-electron chi connectivity index (χ4n) is 3.14. The van der Waals surface area contributed by atoms with E-state index in [4.69, 9.17) is 10.5 Å². The summed E-state index contributed by atoms with van der Waals surface area (Å²) in [6.07, 6.45) is 7.74. The zero-order chi connectivity index (χ0) is 13.8. The molecule has 1 atom stereocenters. The number of piperidine rings is 1. The monoisotopic (exact) mass is 304 g/mol. The molecular weight excluding hydrogens is 276 g/mol. The van der Waals surface area contributed by atoms with E-state index in [1.165, 1.54) is 25.7 Å². The van der Waals surface area contributed by atoms with Crippen molar-refractivity contribution in [2.24, 2.45) is 11.7 Å². The summed E-state index contributed by atoms with van der Waals surface area (Å²) in [6, 6.07) is -0.377. The van der Waals surface area contributed by atoms with Crippen molar-refractivity contribution >= 4 is 18.3 Å².